The number of benzene rings is 2. The van der Waals surface area contributed by atoms with Crippen LogP contribution >= 0.6 is 0 Å². The summed E-state index contributed by atoms with van der Waals surface area (Å²) >= 11 is 0. The zero-order valence-electron chi connectivity index (χ0n) is 19.4. The van der Waals surface area contributed by atoms with Crippen LogP contribution in [-0.2, 0) is 0 Å². The first kappa shape index (κ1) is 23.9. The van der Waals surface area contributed by atoms with Gasteiger partial charge < -0.3 is 25.2 Å². The van der Waals surface area contributed by atoms with Gasteiger partial charge in [-0.3, -0.25) is 0 Å². The van der Waals surface area contributed by atoms with E-state index in [1.54, 1.807) is 12.1 Å². The highest BCUT2D eigenvalue weighted by molar-refractivity contribution is 5.92. The number of para-hydroxylation sites is 2. The molecular weight excluding hydrogens is 498 g/mol. The lowest BCUT2D eigenvalue weighted by atomic mass is 10.1. The zero-order chi connectivity index (χ0) is 27.0. The number of phenols is 2. The average molecular weight is 515 g/mol. The Morgan fingerprint density at radius 2 is 1.18 bits per heavy atom. The number of hydrogen-bond acceptors (Lipinski definition) is 10. The Bertz CT molecular complexity index is 1590. The Balaban J connectivity index is 1.53. The standard InChI is InChI=1S/C24H17N7O7/c1-38-12-8-15(17-10-30(28-26-17)19-6-2-4-13(21(19)32)23(34)35)25-16(9-12)18-11-31(29-27-18)20-7-3-5-14(22(20)33)24(36)37/h2-11,32-33H,1H3,(H,34,35)(H,36,37). The number of pyridine rings is 1. The van der Waals surface area contributed by atoms with Gasteiger partial charge >= 0.3 is 11.9 Å². The van der Waals surface area contributed by atoms with Gasteiger partial charge in [-0.25, -0.2) is 23.9 Å². The Morgan fingerprint density at radius 3 is 1.58 bits per heavy atom. The number of ether oxygens (including phenoxy) is 1. The van der Waals surface area contributed by atoms with Crippen molar-refractivity contribution in [2.24, 2.45) is 0 Å². The van der Waals surface area contributed by atoms with Gasteiger partial charge in [-0.05, 0) is 24.3 Å². The van der Waals surface area contributed by atoms with Gasteiger partial charge in [-0.15, -0.1) is 10.2 Å². The molecule has 2 aromatic carbocycles. The maximum atomic E-state index is 11.4. The summed E-state index contributed by atoms with van der Waals surface area (Å²) in [5.74, 6) is -3.12. The minimum atomic E-state index is -1.29. The first-order valence-electron chi connectivity index (χ1n) is 10.8. The highest BCUT2D eigenvalue weighted by atomic mass is 16.5. The molecular formula is C24H17N7O7. The Morgan fingerprint density at radius 1 is 0.737 bits per heavy atom. The molecule has 0 radical (unpaired) electrons. The van der Waals surface area contributed by atoms with Gasteiger partial charge in [-0.1, -0.05) is 22.6 Å². The molecule has 14 heteroatoms. The lowest BCUT2D eigenvalue weighted by molar-refractivity contribution is 0.0682. The maximum absolute atomic E-state index is 11.4. The number of aromatic carboxylic acids is 2. The minimum absolute atomic E-state index is 0.109. The Kier molecular flexibility index (Phi) is 5.88. The second-order valence-electron chi connectivity index (χ2n) is 7.83. The van der Waals surface area contributed by atoms with Crippen molar-refractivity contribution >= 4 is 11.9 Å². The van der Waals surface area contributed by atoms with Crippen LogP contribution in [0, 0.1) is 0 Å². The third-order valence-corrected chi connectivity index (χ3v) is 5.53. The molecule has 3 heterocycles. The van der Waals surface area contributed by atoms with Crippen LogP contribution in [0.1, 0.15) is 20.7 Å². The molecule has 0 aliphatic heterocycles. The third-order valence-electron chi connectivity index (χ3n) is 5.53. The van der Waals surface area contributed by atoms with Crippen LogP contribution in [-0.4, -0.2) is 74.4 Å². The fourth-order valence-corrected chi connectivity index (χ4v) is 3.66. The zero-order valence-corrected chi connectivity index (χ0v) is 19.4. The monoisotopic (exact) mass is 515 g/mol. The highest BCUT2D eigenvalue weighted by Gasteiger charge is 2.19. The van der Waals surface area contributed by atoms with Crippen molar-refractivity contribution in [3.8, 4) is 51.4 Å². The summed E-state index contributed by atoms with van der Waals surface area (Å²) in [5.41, 5.74) is 0.855. The smallest absolute Gasteiger partial charge is 0.339 e. The van der Waals surface area contributed by atoms with Crippen LogP contribution in [0.5, 0.6) is 17.2 Å². The van der Waals surface area contributed by atoms with Gasteiger partial charge in [0.05, 0.1) is 30.9 Å². The predicted molar refractivity (Wildman–Crippen MR) is 129 cm³/mol. The summed E-state index contributed by atoms with van der Waals surface area (Å²) < 4.78 is 7.81. The summed E-state index contributed by atoms with van der Waals surface area (Å²) in [4.78, 5) is 27.2. The van der Waals surface area contributed by atoms with E-state index in [4.69, 9.17) is 4.74 Å². The highest BCUT2D eigenvalue weighted by Crippen LogP contribution is 2.30. The number of aromatic nitrogens is 7. The van der Waals surface area contributed by atoms with Crippen molar-refractivity contribution in [1.82, 2.24) is 35.0 Å². The maximum Gasteiger partial charge on any atom is 0.339 e. The molecule has 14 nitrogen and oxygen atoms in total. The van der Waals surface area contributed by atoms with Crippen LogP contribution in [0.3, 0.4) is 0 Å². The molecule has 0 bridgehead atoms. The average Bonchev–Trinajstić information content (AvgIpc) is 3.59. The topological polar surface area (TPSA) is 199 Å². The molecule has 0 saturated carbocycles. The Hall–Kier alpha value is -5.79. The van der Waals surface area contributed by atoms with Crippen LogP contribution in [0.4, 0.5) is 0 Å². The van der Waals surface area contributed by atoms with Crippen molar-refractivity contribution in [3.05, 3.63) is 72.1 Å². The van der Waals surface area contributed by atoms with E-state index in [9.17, 15) is 30.0 Å². The first-order valence-corrected chi connectivity index (χ1v) is 10.8. The van der Waals surface area contributed by atoms with Gasteiger partial charge in [0, 0.05) is 12.1 Å². The number of carboxylic acid groups (broad SMARTS) is 2. The van der Waals surface area contributed by atoms with Crippen LogP contribution in [0.2, 0.25) is 0 Å². The lowest BCUT2D eigenvalue weighted by Crippen LogP contribution is -2.02. The van der Waals surface area contributed by atoms with E-state index in [2.05, 4.69) is 25.6 Å². The summed E-state index contributed by atoms with van der Waals surface area (Å²) in [6, 6.07) is 11.6. The van der Waals surface area contributed by atoms with E-state index < -0.39 is 23.4 Å². The van der Waals surface area contributed by atoms with Crippen molar-refractivity contribution in [2.45, 2.75) is 0 Å². The van der Waals surface area contributed by atoms with Crippen LogP contribution < -0.4 is 4.74 Å². The SMILES string of the molecule is COc1cc(-c2cn(-c3cccc(C(=O)O)c3O)nn2)nc(-c2cn(-c3cccc(C(=O)O)c3O)nn2)c1. The van der Waals surface area contributed by atoms with Crippen molar-refractivity contribution in [2.75, 3.05) is 7.11 Å². The lowest BCUT2D eigenvalue weighted by Gasteiger charge is -2.06. The van der Waals surface area contributed by atoms with E-state index >= 15 is 0 Å². The minimum Gasteiger partial charge on any atom is -0.505 e. The Labute approximate surface area is 212 Å². The largest absolute Gasteiger partial charge is 0.505 e. The second kappa shape index (κ2) is 9.34. The molecule has 190 valence electrons. The molecule has 0 fully saturated rings. The van der Waals surface area contributed by atoms with Crippen molar-refractivity contribution in [1.29, 1.82) is 0 Å². The van der Waals surface area contributed by atoms with Gasteiger partial charge in [0.2, 0.25) is 0 Å². The normalized spacial score (nSPS) is 10.9. The molecule has 38 heavy (non-hydrogen) atoms. The number of aromatic hydroxyl groups is 2. The van der Waals surface area contributed by atoms with E-state index in [0.717, 1.165) is 0 Å². The summed E-state index contributed by atoms with van der Waals surface area (Å²) in [5, 5.41) is 55.4. The van der Waals surface area contributed by atoms with Crippen LogP contribution in [0.15, 0.2) is 60.9 Å². The molecule has 5 aromatic rings. The number of carboxylic acids is 2. The number of rotatable bonds is 7. The van der Waals surface area contributed by atoms with Gasteiger partial charge in [0.25, 0.3) is 0 Å². The third kappa shape index (κ3) is 4.21. The van der Waals surface area contributed by atoms with Crippen LogP contribution in [0.25, 0.3) is 34.2 Å². The molecule has 4 N–H and O–H groups in total. The van der Waals surface area contributed by atoms with Gasteiger partial charge in [-0.2, -0.15) is 0 Å². The number of nitrogens with zero attached hydrogens (tertiary/aromatic N) is 7. The number of hydrogen-bond donors (Lipinski definition) is 4. The van der Waals surface area contributed by atoms with E-state index in [1.807, 2.05) is 0 Å². The van der Waals surface area contributed by atoms with Crippen molar-refractivity contribution < 1.29 is 34.8 Å². The summed E-state index contributed by atoms with van der Waals surface area (Å²) in [6.07, 6.45) is 2.91. The van der Waals surface area contributed by atoms with Gasteiger partial charge in [0.15, 0.2) is 11.5 Å². The fraction of sp³-hybridized carbons (Fsp3) is 0.0417. The van der Waals surface area contributed by atoms with E-state index in [0.29, 0.717) is 17.1 Å². The predicted octanol–water partition coefficient (Wildman–Crippen LogP) is 2.39. The number of methoxy groups -OCH3 is 1. The molecule has 0 aliphatic carbocycles. The first-order chi connectivity index (χ1) is 18.3. The molecule has 0 atom stereocenters. The number of carbonyl (C=O) groups is 2. The fourth-order valence-electron chi connectivity index (χ4n) is 3.66. The van der Waals surface area contributed by atoms with E-state index in [1.165, 1.54) is 65.3 Å². The summed E-state index contributed by atoms with van der Waals surface area (Å²) in [7, 11) is 1.46. The van der Waals surface area contributed by atoms with Crippen molar-refractivity contribution in [3.63, 3.8) is 0 Å². The molecule has 0 saturated heterocycles. The molecule has 0 spiro atoms. The van der Waals surface area contributed by atoms with Gasteiger partial charge in [0.1, 0.15) is 39.6 Å². The molecule has 0 amide bonds. The molecule has 5 rings (SSSR count). The molecule has 0 unspecified atom stereocenters. The molecule has 0 aliphatic rings. The summed E-state index contributed by atoms with van der Waals surface area (Å²) in [6.45, 7) is 0. The quantitative estimate of drug-likeness (QED) is 0.247. The second-order valence-corrected chi connectivity index (χ2v) is 7.83. The van der Waals surface area contributed by atoms with E-state index in [-0.39, 0.29) is 33.9 Å². The molecule has 3 aromatic heterocycles.